The zero-order valence-corrected chi connectivity index (χ0v) is 15.4. The maximum absolute atomic E-state index is 12.9. The van der Waals surface area contributed by atoms with Gasteiger partial charge in [0.15, 0.2) is 0 Å². The van der Waals surface area contributed by atoms with Crippen LogP contribution < -0.4 is 15.6 Å². The first-order valence-electron chi connectivity index (χ1n) is 8.66. The zero-order valence-electron chi connectivity index (χ0n) is 15.4. The van der Waals surface area contributed by atoms with Gasteiger partial charge >= 0.3 is 0 Å². The lowest BCUT2D eigenvalue weighted by Crippen LogP contribution is -2.17. The number of hydrogen-bond donors (Lipinski definition) is 1. The highest BCUT2D eigenvalue weighted by atomic mass is 16.5. The number of aromatic nitrogens is 3. The van der Waals surface area contributed by atoms with Gasteiger partial charge in [-0.1, -0.05) is 18.2 Å². The minimum Gasteiger partial charge on any atom is -0.497 e. The van der Waals surface area contributed by atoms with Crippen LogP contribution in [0.25, 0.3) is 16.9 Å². The lowest BCUT2D eigenvalue weighted by molar-refractivity contribution is 0.102. The normalized spacial score (nSPS) is 10.8. The van der Waals surface area contributed by atoms with E-state index in [1.54, 1.807) is 67.5 Å². The Labute approximate surface area is 161 Å². The predicted molar refractivity (Wildman–Crippen MR) is 106 cm³/mol. The molecule has 1 N–H and O–H groups in total. The van der Waals surface area contributed by atoms with E-state index in [4.69, 9.17) is 4.74 Å². The van der Waals surface area contributed by atoms with E-state index in [2.05, 4.69) is 10.4 Å². The Balaban J connectivity index is 1.76. The number of methoxy groups -OCH3 is 1. The summed E-state index contributed by atoms with van der Waals surface area (Å²) in [7, 11) is 3.35. The quantitative estimate of drug-likeness (QED) is 0.596. The van der Waals surface area contributed by atoms with Crippen molar-refractivity contribution in [3.63, 3.8) is 0 Å². The van der Waals surface area contributed by atoms with Crippen molar-refractivity contribution in [3.05, 3.63) is 82.9 Å². The maximum Gasteiger partial charge on any atom is 0.282 e. The Kier molecular flexibility index (Phi) is 4.41. The molecule has 0 saturated heterocycles. The van der Waals surface area contributed by atoms with E-state index in [0.29, 0.717) is 33.9 Å². The van der Waals surface area contributed by atoms with Gasteiger partial charge in [-0.05, 0) is 36.4 Å². The number of anilines is 1. The van der Waals surface area contributed by atoms with Gasteiger partial charge in [-0.3, -0.25) is 9.59 Å². The molecule has 2 aliphatic rings. The SMILES string of the molecule is COc1ccc(NC(=O)c2cn(C)cc3c(=O)n(-c4ccccc4)nc2-3)cc1. The van der Waals surface area contributed by atoms with E-state index in [1.807, 2.05) is 18.2 Å². The predicted octanol–water partition coefficient (Wildman–Crippen LogP) is 2.94. The van der Waals surface area contributed by atoms with Gasteiger partial charge in [0.2, 0.25) is 0 Å². The number of carbonyl (C=O) groups is 1. The summed E-state index contributed by atoms with van der Waals surface area (Å²) in [5.41, 5.74) is 2.06. The molecule has 2 aliphatic heterocycles. The second-order valence-electron chi connectivity index (χ2n) is 6.33. The van der Waals surface area contributed by atoms with Gasteiger partial charge in [-0.2, -0.15) is 9.78 Å². The summed E-state index contributed by atoms with van der Waals surface area (Å²) in [6, 6.07) is 16.1. The van der Waals surface area contributed by atoms with Crippen LogP contribution in [0, 0.1) is 0 Å². The van der Waals surface area contributed by atoms with Crippen LogP contribution in [-0.2, 0) is 7.05 Å². The number of amides is 1. The fourth-order valence-electron chi connectivity index (χ4n) is 3.02. The standard InChI is InChI=1S/C21H18N4O3/c1-24-12-17(20(26)22-14-8-10-16(28-2)11-9-14)19-18(13-24)21(27)25(23-19)15-6-4-3-5-7-15/h3-13H,1-2H3,(H,22,26). The number of para-hydroxylation sites is 1. The molecule has 0 radical (unpaired) electrons. The number of ether oxygens (including phenoxy) is 1. The van der Waals surface area contributed by atoms with E-state index in [9.17, 15) is 9.59 Å². The number of rotatable bonds is 4. The minimum atomic E-state index is -0.343. The van der Waals surface area contributed by atoms with Crippen LogP contribution in [0.5, 0.6) is 5.75 Å². The number of pyridine rings is 1. The molecule has 28 heavy (non-hydrogen) atoms. The monoisotopic (exact) mass is 374 g/mol. The molecule has 0 aliphatic carbocycles. The molecule has 4 rings (SSSR count). The molecule has 0 bridgehead atoms. The van der Waals surface area contributed by atoms with Gasteiger partial charge in [0.25, 0.3) is 11.5 Å². The summed E-state index contributed by atoms with van der Waals surface area (Å²) in [5.74, 6) is 0.355. The number of carbonyl (C=O) groups excluding carboxylic acids is 1. The van der Waals surface area contributed by atoms with Crippen molar-refractivity contribution in [2.45, 2.75) is 0 Å². The number of aryl methyl sites for hydroxylation is 1. The summed E-state index contributed by atoms with van der Waals surface area (Å²) in [6.45, 7) is 0. The highest BCUT2D eigenvalue weighted by Crippen LogP contribution is 2.23. The largest absolute Gasteiger partial charge is 0.497 e. The van der Waals surface area contributed by atoms with Crippen LogP contribution in [0.15, 0.2) is 71.8 Å². The third-order valence-electron chi connectivity index (χ3n) is 4.39. The molecule has 0 spiro atoms. The van der Waals surface area contributed by atoms with Crippen LogP contribution in [0.1, 0.15) is 10.4 Å². The molecule has 7 nitrogen and oxygen atoms in total. The fourth-order valence-corrected chi connectivity index (χ4v) is 3.02. The van der Waals surface area contributed by atoms with Crippen molar-refractivity contribution in [2.75, 3.05) is 12.4 Å². The van der Waals surface area contributed by atoms with E-state index in [0.717, 1.165) is 0 Å². The molecule has 0 aromatic heterocycles. The number of hydrogen-bond acceptors (Lipinski definition) is 4. The summed E-state index contributed by atoms with van der Waals surface area (Å²) < 4.78 is 8.13. The van der Waals surface area contributed by atoms with Crippen LogP contribution >= 0.6 is 0 Å². The van der Waals surface area contributed by atoms with Gasteiger partial charge in [0, 0.05) is 25.1 Å². The zero-order chi connectivity index (χ0) is 19.7. The van der Waals surface area contributed by atoms with E-state index >= 15 is 0 Å². The Morgan fingerprint density at radius 1 is 1.04 bits per heavy atom. The van der Waals surface area contributed by atoms with Crippen LogP contribution in [0.3, 0.4) is 0 Å². The van der Waals surface area contributed by atoms with Gasteiger partial charge in [0.1, 0.15) is 11.4 Å². The molecule has 0 unspecified atom stereocenters. The molecule has 0 atom stereocenters. The first kappa shape index (κ1) is 17.5. The maximum atomic E-state index is 12.9. The smallest absolute Gasteiger partial charge is 0.282 e. The van der Waals surface area contributed by atoms with Crippen LogP contribution in [0.4, 0.5) is 5.69 Å². The number of benzene rings is 2. The molecule has 7 heteroatoms. The lowest BCUT2D eigenvalue weighted by Gasteiger charge is -2.10. The molecule has 2 heterocycles. The van der Waals surface area contributed by atoms with Crippen LogP contribution in [0.2, 0.25) is 0 Å². The summed E-state index contributed by atoms with van der Waals surface area (Å²) >= 11 is 0. The Morgan fingerprint density at radius 3 is 2.43 bits per heavy atom. The Hall–Kier alpha value is -3.87. The summed E-state index contributed by atoms with van der Waals surface area (Å²) in [5, 5.41) is 7.26. The Morgan fingerprint density at radius 2 is 1.75 bits per heavy atom. The van der Waals surface area contributed by atoms with E-state index in [-0.39, 0.29) is 11.5 Å². The Bertz CT molecular complexity index is 1160. The molecular formula is C21H18N4O3. The topological polar surface area (TPSA) is 78.1 Å². The molecule has 140 valence electrons. The third kappa shape index (κ3) is 3.14. The molecule has 0 fully saturated rings. The van der Waals surface area contributed by atoms with Crippen molar-refractivity contribution in [2.24, 2.45) is 7.05 Å². The first-order valence-corrected chi connectivity index (χ1v) is 8.66. The average molecular weight is 374 g/mol. The molecule has 2 aromatic carbocycles. The van der Waals surface area contributed by atoms with Crippen molar-refractivity contribution in [1.29, 1.82) is 0 Å². The van der Waals surface area contributed by atoms with E-state index in [1.165, 1.54) is 4.68 Å². The second-order valence-corrected chi connectivity index (χ2v) is 6.33. The van der Waals surface area contributed by atoms with Gasteiger partial charge in [-0.25, -0.2) is 0 Å². The fraction of sp³-hybridized carbons (Fsp3) is 0.0952. The van der Waals surface area contributed by atoms with Crippen molar-refractivity contribution in [1.82, 2.24) is 14.3 Å². The lowest BCUT2D eigenvalue weighted by atomic mass is 10.1. The third-order valence-corrected chi connectivity index (χ3v) is 4.39. The molecule has 1 amide bonds. The summed E-state index contributed by atoms with van der Waals surface area (Å²) in [4.78, 5) is 25.7. The van der Waals surface area contributed by atoms with Gasteiger partial charge < -0.3 is 14.6 Å². The number of fused-ring (bicyclic) bond motifs is 1. The molecule has 2 aromatic rings. The second kappa shape index (κ2) is 7.03. The summed E-state index contributed by atoms with van der Waals surface area (Å²) in [6.07, 6.45) is 3.33. The first-order chi connectivity index (χ1) is 13.6. The average Bonchev–Trinajstić information content (AvgIpc) is 3.05. The highest BCUT2D eigenvalue weighted by Gasteiger charge is 2.24. The molecule has 0 saturated carbocycles. The minimum absolute atomic E-state index is 0.268. The number of nitrogens with zero attached hydrogens (tertiary/aromatic N) is 3. The van der Waals surface area contributed by atoms with Crippen LogP contribution in [-0.4, -0.2) is 27.4 Å². The number of nitrogens with one attached hydrogen (secondary N) is 1. The molecular weight excluding hydrogens is 356 g/mol. The van der Waals surface area contributed by atoms with Crippen molar-refractivity contribution < 1.29 is 9.53 Å². The van der Waals surface area contributed by atoms with Gasteiger partial charge in [0.05, 0.1) is 23.9 Å². The highest BCUT2D eigenvalue weighted by molar-refractivity contribution is 6.08. The van der Waals surface area contributed by atoms with Gasteiger partial charge in [-0.15, -0.1) is 0 Å². The van der Waals surface area contributed by atoms with E-state index < -0.39 is 0 Å². The van der Waals surface area contributed by atoms with Crippen molar-refractivity contribution >= 4 is 11.6 Å². The van der Waals surface area contributed by atoms with Crippen molar-refractivity contribution in [3.8, 4) is 22.7 Å².